The maximum Gasteiger partial charge on any atom is 0.167 e. The zero-order valence-corrected chi connectivity index (χ0v) is 15.6. The average molecular weight is 446 g/mol. The zero-order chi connectivity index (χ0) is 15.9. The predicted molar refractivity (Wildman–Crippen MR) is 93.0 cm³/mol. The van der Waals surface area contributed by atoms with Crippen LogP contribution in [0.3, 0.4) is 0 Å². The van der Waals surface area contributed by atoms with Gasteiger partial charge in [-0.3, -0.25) is 0 Å². The van der Waals surface area contributed by atoms with E-state index in [1.165, 1.54) is 12.1 Å². The van der Waals surface area contributed by atoms with Gasteiger partial charge in [-0.1, -0.05) is 92.8 Å². The molecule has 2 aromatic rings. The van der Waals surface area contributed by atoms with Crippen LogP contribution >= 0.6 is 92.8 Å². The number of benzene rings is 2. The van der Waals surface area contributed by atoms with Crippen LogP contribution in [0, 0.1) is 0 Å². The van der Waals surface area contributed by atoms with E-state index in [0.29, 0.717) is 5.02 Å². The first-order valence-corrected chi connectivity index (χ1v) is 8.10. The fourth-order valence-corrected chi connectivity index (χ4v) is 3.21. The molecule has 0 fully saturated rings. The predicted octanol–water partition coefficient (Wildman–Crippen LogP) is 8.71. The van der Waals surface area contributed by atoms with Crippen LogP contribution in [0.4, 0.5) is 0 Å². The first-order chi connectivity index (χ1) is 9.73. The number of hydrogen-bond acceptors (Lipinski definition) is 1. The van der Waals surface area contributed by atoms with E-state index in [9.17, 15) is 0 Å². The first kappa shape index (κ1) is 17.9. The van der Waals surface area contributed by atoms with E-state index >= 15 is 0 Å². The molecule has 0 aromatic heterocycles. The van der Waals surface area contributed by atoms with Gasteiger partial charge in [0.05, 0.1) is 20.1 Å². The second-order valence-electron chi connectivity index (χ2n) is 3.70. The molecule has 2 rings (SSSR count). The van der Waals surface area contributed by atoms with Gasteiger partial charge in [-0.25, -0.2) is 0 Å². The standard InChI is InChI=1S/C12H2Cl8O/c13-3-1-4(14)6(15)5(2-3)21-12-10(19)8(17)7(16)9(18)11(12)20/h1-2H. The highest BCUT2D eigenvalue weighted by Gasteiger charge is 2.22. The largest absolute Gasteiger partial charge is 0.452 e. The Morgan fingerprint density at radius 3 is 1.57 bits per heavy atom. The van der Waals surface area contributed by atoms with Gasteiger partial charge in [0.25, 0.3) is 0 Å². The highest BCUT2D eigenvalue weighted by Crippen LogP contribution is 2.50. The van der Waals surface area contributed by atoms with Gasteiger partial charge in [-0.2, -0.15) is 0 Å². The molecular formula is C12H2Cl8O. The van der Waals surface area contributed by atoms with Gasteiger partial charge in [0.2, 0.25) is 0 Å². The summed E-state index contributed by atoms with van der Waals surface area (Å²) in [5.41, 5.74) is 0. The Bertz CT molecular complexity index is 699. The Kier molecular flexibility index (Phi) is 5.96. The molecule has 0 saturated heterocycles. The molecule has 1 nitrogen and oxygen atoms in total. The van der Waals surface area contributed by atoms with Crippen LogP contribution in [0.25, 0.3) is 0 Å². The van der Waals surface area contributed by atoms with Gasteiger partial charge in [0, 0.05) is 11.1 Å². The van der Waals surface area contributed by atoms with Crippen molar-refractivity contribution >= 4 is 92.8 Å². The van der Waals surface area contributed by atoms with Gasteiger partial charge >= 0.3 is 0 Å². The molecule has 9 heteroatoms. The smallest absolute Gasteiger partial charge is 0.167 e. The zero-order valence-electron chi connectivity index (χ0n) is 9.59. The van der Waals surface area contributed by atoms with E-state index in [4.69, 9.17) is 97.5 Å². The molecule has 0 aliphatic heterocycles. The first-order valence-electron chi connectivity index (χ1n) is 5.07. The monoisotopic (exact) mass is 442 g/mol. The van der Waals surface area contributed by atoms with E-state index in [-0.39, 0.29) is 46.7 Å². The molecule has 0 aliphatic rings. The van der Waals surface area contributed by atoms with Crippen LogP contribution < -0.4 is 4.74 Å². The Morgan fingerprint density at radius 1 is 0.571 bits per heavy atom. The van der Waals surface area contributed by atoms with Gasteiger partial charge in [-0.05, 0) is 6.07 Å². The molecule has 0 saturated carbocycles. The molecular weight excluding hydrogens is 444 g/mol. The van der Waals surface area contributed by atoms with Gasteiger partial charge in [0.1, 0.15) is 20.8 Å². The molecule has 21 heavy (non-hydrogen) atoms. The molecule has 0 unspecified atom stereocenters. The molecule has 0 atom stereocenters. The second-order valence-corrected chi connectivity index (χ2v) is 6.81. The summed E-state index contributed by atoms with van der Waals surface area (Å²) in [6.45, 7) is 0. The Hall–Kier alpha value is 0.560. The maximum absolute atomic E-state index is 6.06. The molecule has 0 bridgehead atoms. The Morgan fingerprint density at radius 2 is 1.05 bits per heavy atom. The van der Waals surface area contributed by atoms with E-state index in [1.54, 1.807) is 0 Å². The minimum absolute atomic E-state index is 0.00188. The SMILES string of the molecule is Clc1cc(Cl)c(Cl)c(Oc2c(Cl)c(Cl)c(Cl)c(Cl)c2Cl)c1. The quantitative estimate of drug-likeness (QED) is 0.332. The normalized spacial score (nSPS) is 10.9. The Labute approximate surface area is 160 Å². The van der Waals surface area contributed by atoms with Crippen molar-refractivity contribution in [3.8, 4) is 11.5 Å². The molecule has 0 aliphatic carbocycles. The molecule has 0 heterocycles. The molecule has 0 spiro atoms. The lowest BCUT2D eigenvalue weighted by Gasteiger charge is -2.15. The van der Waals surface area contributed by atoms with Gasteiger partial charge in [0.15, 0.2) is 5.75 Å². The van der Waals surface area contributed by atoms with Crippen LogP contribution in [0.5, 0.6) is 11.5 Å². The highest BCUT2D eigenvalue weighted by atomic mass is 35.5. The summed E-state index contributed by atoms with van der Waals surface area (Å²) in [5.74, 6) is 0.144. The summed E-state index contributed by atoms with van der Waals surface area (Å²) in [5, 5.41) is 0.673. The number of halogens is 8. The molecule has 0 N–H and O–H groups in total. The summed E-state index contributed by atoms with van der Waals surface area (Å²) in [7, 11) is 0. The van der Waals surface area contributed by atoms with Crippen molar-refractivity contribution in [2.24, 2.45) is 0 Å². The number of hydrogen-bond donors (Lipinski definition) is 0. The third-order valence-electron chi connectivity index (χ3n) is 2.34. The van der Waals surface area contributed by atoms with Crippen LogP contribution in [-0.4, -0.2) is 0 Å². The summed E-state index contributed by atoms with van der Waals surface area (Å²) in [6.07, 6.45) is 0. The highest BCUT2D eigenvalue weighted by molar-refractivity contribution is 6.55. The third-order valence-corrected chi connectivity index (χ3v) is 5.59. The van der Waals surface area contributed by atoms with E-state index in [2.05, 4.69) is 0 Å². The summed E-state index contributed by atoms with van der Waals surface area (Å²) in [4.78, 5) is 0. The molecule has 0 amide bonds. The lowest BCUT2D eigenvalue weighted by molar-refractivity contribution is 0.483. The van der Waals surface area contributed by atoms with E-state index in [0.717, 1.165) is 0 Å². The summed E-state index contributed by atoms with van der Waals surface area (Å²) in [6, 6.07) is 2.90. The minimum atomic E-state index is -0.0109. The maximum atomic E-state index is 6.06. The van der Waals surface area contributed by atoms with Crippen molar-refractivity contribution in [3.63, 3.8) is 0 Å². The van der Waals surface area contributed by atoms with Crippen molar-refractivity contribution in [2.45, 2.75) is 0 Å². The second kappa shape index (κ2) is 6.98. The van der Waals surface area contributed by atoms with Crippen molar-refractivity contribution in [2.75, 3.05) is 0 Å². The Balaban J connectivity index is 2.60. The van der Waals surface area contributed by atoms with Gasteiger partial charge in [-0.15, -0.1) is 0 Å². The number of ether oxygens (including phenoxy) is 1. The summed E-state index contributed by atoms with van der Waals surface area (Å²) >= 11 is 47.8. The fourth-order valence-electron chi connectivity index (χ4n) is 1.39. The minimum Gasteiger partial charge on any atom is -0.452 e. The van der Waals surface area contributed by atoms with Crippen molar-refractivity contribution in [1.29, 1.82) is 0 Å². The third kappa shape index (κ3) is 3.57. The van der Waals surface area contributed by atoms with Crippen LogP contribution in [0.2, 0.25) is 40.2 Å². The lowest BCUT2D eigenvalue weighted by atomic mass is 10.3. The van der Waals surface area contributed by atoms with E-state index < -0.39 is 0 Å². The topological polar surface area (TPSA) is 9.23 Å². The number of rotatable bonds is 2. The summed E-state index contributed by atoms with van der Waals surface area (Å²) < 4.78 is 5.56. The van der Waals surface area contributed by atoms with Crippen molar-refractivity contribution in [1.82, 2.24) is 0 Å². The lowest BCUT2D eigenvalue weighted by Crippen LogP contribution is -1.91. The van der Waals surface area contributed by atoms with E-state index in [1.807, 2.05) is 0 Å². The molecule has 2 aromatic carbocycles. The molecule has 112 valence electrons. The van der Waals surface area contributed by atoms with Crippen LogP contribution in [0.1, 0.15) is 0 Å². The average Bonchev–Trinajstić information content (AvgIpc) is 2.44. The molecule has 0 radical (unpaired) electrons. The van der Waals surface area contributed by atoms with Crippen molar-refractivity contribution < 1.29 is 4.74 Å². The van der Waals surface area contributed by atoms with Crippen molar-refractivity contribution in [3.05, 3.63) is 52.3 Å². The fraction of sp³-hybridized carbons (Fsp3) is 0. The van der Waals surface area contributed by atoms with Crippen LogP contribution in [0.15, 0.2) is 12.1 Å². The van der Waals surface area contributed by atoms with Gasteiger partial charge < -0.3 is 4.74 Å². The van der Waals surface area contributed by atoms with Crippen LogP contribution in [-0.2, 0) is 0 Å².